The molecule has 1 aromatic carbocycles. The lowest BCUT2D eigenvalue weighted by Gasteiger charge is -2.01. The second-order valence-electron chi connectivity index (χ2n) is 5.58. The smallest absolute Gasteiger partial charge is 0.266 e. The quantitative estimate of drug-likeness (QED) is 0.547. The standard InChI is InChI=1S/C19H12FN3O3S/c20-13-4-1-2-5-14(13)23-11-12(10-21-23)8-17-19(25)22-18(27-17)9-15(24)16-6-3-7-26-16/h1-11H,(H,22,25)/b17-8+,18-9-. The van der Waals surface area contributed by atoms with E-state index in [0.717, 1.165) is 11.3 Å². The number of carbonyl (C=O) groups excluding carboxylic acids is 1. The Hall–Kier alpha value is -3.52. The number of Topliss-reactive ketones (excluding diaryl/α,β-unsaturated/α-hetero) is 1. The maximum Gasteiger partial charge on any atom is 0.266 e. The van der Waals surface area contributed by atoms with Gasteiger partial charge in [-0.25, -0.2) is 9.07 Å². The summed E-state index contributed by atoms with van der Waals surface area (Å²) in [7, 11) is 0. The van der Waals surface area contributed by atoms with Gasteiger partial charge in [0.2, 0.25) is 5.78 Å². The lowest BCUT2D eigenvalue weighted by molar-refractivity contribution is 0.103. The molecule has 0 saturated carbocycles. The maximum absolute atomic E-state index is 13.8. The minimum atomic E-state index is -0.394. The number of H-pyrrole nitrogens is 1. The predicted octanol–water partition coefficient (Wildman–Crippen LogP) is 1.85. The number of hydrogen-bond donors (Lipinski definition) is 1. The first kappa shape index (κ1) is 16.9. The zero-order valence-corrected chi connectivity index (χ0v) is 14.6. The molecule has 0 amide bonds. The summed E-state index contributed by atoms with van der Waals surface area (Å²) < 4.78 is 21.1. The number of benzene rings is 1. The summed E-state index contributed by atoms with van der Waals surface area (Å²) in [6, 6.07) is 9.44. The Balaban J connectivity index is 1.68. The summed E-state index contributed by atoms with van der Waals surface area (Å²) in [5.41, 5.74) is 0.627. The third kappa shape index (κ3) is 3.56. The Kier molecular flexibility index (Phi) is 4.39. The minimum Gasteiger partial charge on any atom is -0.461 e. The Morgan fingerprint density at radius 3 is 2.89 bits per heavy atom. The number of carbonyl (C=O) groups is 1. The van der Waals surface area contributed by atoms with Crippen LogP contribution < -0.4 is 14.8 Å². The summed E-state index contributed by atoms with van der Waals surface area (Å²) in [6.45, 7) is 0. The van der Waals surface area contributed by atoms with Gasteiger partial charge in [-0.3, -0.25) is 9.59 Å². The van der Waals surface area contributed by atoms with E-state index in [1.54, 1.807) is 42.6 Å². The molecular formula is C19H12FN3O3S. The molecular weight excluding hydrogens is 369 g/mol. The number of hydrogen-bond acceptors (Lipinski definition) is 5. The van der Waals surface area contributed by atoms with Crippen LogP contribution >= 0.6 is 11.3 Å². The van der Waals surface area contributed by atoms with Gasteiger partial charge in [-0.2, -0.15) is 5.10 Å². The van der Waals surface area contributed by atoms with E-state index in [9.17, 15) is 14.0 Å². The van der Waals surface area contributed by atoms with E-state index < -0.39 is 5.82 Å². The summed E-state index contributed by atoms with van der Waals surface area (Å²) in [5, 5.41) is 4.13. The van der Waals surface area contributed by atoms with Crippen molar-refractivity contribution in [1.82, 2.24) is 14.8 Å². The fourth-order valence-electron chi connectivity index (χ4n) is 2.47. The first-order chi connectivity index (χ1) is 13.1. The van der Waals surface area contributed by atoms with Crippen LogP contribution in [-0.2, 0) is 0 Å². The van der Waals surface area contributed by atoms with Gasteiger partial charge in [-0.1, -0.05) is 12.1 Å². The molecule has 4 aromatic rings. The Labute approximate surface area is 155 Å². The number of para-hydroxylation sites is 1. The van der Waals surface area contributed by atoms with E-state index in [-0.39, 0.29) is 17.1 Å². The Morgan fingerprint density at radius 2 is 2.11 bits per heavy atom. The molecule has 0 bridgehead atoms. The molecule has 0 saturated heterocycles. The molecule has 8 heteroatoms. The SMILES string of the molecule is O=C(/C=c1/[nH]c(=O)/c(=C\c2cnn(-c3ccccc3F)c2)s1)c1ccco1. The lowest BCUT2D eigenvalue weighted by atomic mass is 10.3. The monoisotopic (exact) mass is 381 g/mol. The van der Waals surface area contributed by atoms with Gasteiger partial charge in [0.05, 0.1) is 21.7 Å². The van der Waals surface area contributed by atoms with Crippen LogP contribution in [-0.4, -0.2) is 20.5 Å². The normalized spacial score (nSPS) is 12.6. The van der Waals surface area contributed by atoms with Crippen LogP contribution in [0, 0.1) is 5.82 Å². The predicted molar refractivity (Wildman–Crippen MR) is 98.8 cm³/mol. The number of thiazole rings is 1. The van der Waals surface area contributed by atoms with E-state index >= 15 is 0 Å². The van der Waals surface area contributed by atoms with Crippen LogP contribution in [0.5, 0.6) is 0 Å². The van der Waals surface area contributed by atoms with Gasteiger partial charge in [0.25, 0.3) is 5.56 Å². The highest BCUT2D eigenvalue weighted by molar-refractivity contribution is 7.07. The van der Waals surface area contributed by atoms with Crippen molar-refractivity contribution in [2.45, 2.75) is 0 Å². The molecule has 0 radical (unpaired) electrons. The van der Waals surface area contributed by atoms with Crippen molar-refractivity contribution in [3.63, 3.8) is 0 Å². The second-order valence-corrected chi connectivity index (χ2v) is 6.67. The zero-order valence-electron chi connectivity index (χ0n) is 13.8. The first-order valence-electron chi connectivity index (χ1n) is 7.90. The van der Waals surface area contributed by atoms with Crippen LogP contribution in [0.4, 0.5) is 4.39 Å². The fraction of sp³-hybridized carbons (Fsp3) is 0. The fourth-order valence-corrected chi connectivity index (χ4v) is 3.35. The third-order valence-electron chi connectivity index (χ3n) is 3.71. The van der Waals surface area contributed by atoms with E-state index in [1.165, 1.54) is 29.3 Å². The van der Waals surface area contributed by atoms with E-state index in [4.69, 9.17) is 4.42 Å². The van der Waals surface area contributed by atoms with Crippen molar-refractivity contribution in [3.8, 4) is 5.69 Å². The van der Waals surface area contributed by atoms with E-state index in [2.05, 4.69) is 10.1 Å². The van der Waals surface area contributed by atoms with Crippen molar-refractivity contribution in [1.29, 1.82) is 0 Å². The molecule has 0 aliphatic carbocycles. The van der Waals surface area contributed by atoms with Crippen molar-refractivity contribution < 1.29 is 13.6 Å². The highest BCUT2D eigenvalue weighted by Crippen LogP contribution is 2.12. The topological polar surface area (TPSA) is 80.9 Å². The molecule has 0 spiro atoms. The number of nitrogens with one attached hydrogen (secondary N) is 1. The van der Waals surface area contributed by atoms with Gasteiger partial charge in [-0.05, 0) is 30.3 Å². The molecule has 134 valence electrons. The molecule has 0 unspecified atom stereocenters. The van der Waals surface area contributed by atoms with Crippen molar-refractivity contribution in [2.75, 3.05) is 0 Å². The van der Waals surface area contributed by atoms with Gasteiger partial charge < -0.3 is 9.40 Å². The second kappa shape index (κ2) is 7.00. The molecule has 0 fully saturated rings. The number of furan rings is 1. The molecule has 27 heavy (non-hydrogen) atoms. The zero-order chi connectivity index (χ0) is 18.8. The third-order valence-corrected chi connectivity index (χ3v) is 4.67. The maximum atomic E-state index is 13.8. The van der Waals surface area contributed by atoms with Gasteiger partial charge in [-0.15, -0.1) is 11.3 Å². The van der Waals surface area contributed by atoms with Gasteiger partial charge in [0, 0.05) is 17.8 Å². The van der Waals surface area contributed by atoms with Crippen LogP contribution in [0.15, 0.2) is 64.3 Å². The molecule has 4 rings (SSSR count). The number of ketones is 1. The van der Waals surface area contributed by atoms with Crippen molar-refractivity contribution in [2.24, 2.45) is 0 Å². The van der Waals surface area contributed by atoms with Gasteiger partial charge in [0.15, 0.2) is 5.76 Å². The van der Waals surface area contributed by atoms with Crippen molar-refractivity contribution >= 4 is 29.3 Å². The molecule has 3 heterocycles. The number of aromatic nitrogens is 3. The highest BCUT2D eigenvalue weighted by Gasteiger charge is 2.07. The van der Waals surface area contributed by atoms with Crippen LogP contribution in [0.2, 0.25) is 0 Å². The average Bonchev–Trinajstić information content (AvgIpc) is 3.38. The summed E-state index contributed by atoms with van der Waals surface area (Å²) in [6.07, 6.45) is 7.50. The van der Waals surface area contributed by atoms with Crippen molar-refractivity contribution in [3.05, 3.63) is 91.7 Å². The average molecular weight is 381 g/mol. The van der Waals surface area contributed by atoms with E-state index in [1.807, 2.05) is 0 Å². The molecule has 6 nitrogen and oxygen atoms in total. The van der Waals surface area contributed by atoms with Crippen LogP contribution in [0.25, 0.3) is 17.8 Å². The summed E-state index contributed by atoms with van der Waals surface area (Å²) in [4.78, 5) is 26.8. The van der Waals surface area contributed by atoms with E-state index in [0.29, 0.717) is 20.4 Å². The lowest BCUT2D eigenvalue weighted by Crippen LogP contribution is -2.19. The number of rotatable bonds is 4. The Morgan fingerprint density at radius 1 is 1.26 bits per heavy atom. The van der Waals surface area contributed by atoms with Gasteiger partial charge in [0.1, 0.15) is 11.5 Å². The summed E-state index contributed by atoms with van der Waals surface area (Å²) in [5.74, 6) is -0.535. The number of aromatic amines is 1. The highest BCUT2D eigenvalue weighted by atomic mass is 32.1. The largest absolute Gasteiger partial charge is 0.461 e. The molecule has 1 N–H and O–H groups in total. The number of nitrogens with zero attached hydrogens (tertiary/aromatic N) is 2. The number of halogens is 1. The minimum absolute atomic E-state index is 0.195. The first-order valence-corrected chi connectivity index (χ1v) is 8.72. The Bertz CT molecular complexity index is 1280. The van der Waals surface area contributed by atoms with Gasteiger partial charge >= 0.3 is 0 Å². The molecule has 0 atom stereocenters. The molecule has 3 aromatic heterocycles. The van der Waals surface area contributed by atoms with Crippen LogP contribution in [0.3, 0.4) is 0 Å². The molecule has 0 aliphatic heterocycles. The summed E-state index contributed by atoms with van der Waals surface area (Å²) >= 11 is 1.14. The van der Waals surface area contributed by atoms with Crippen LogP contribution in [0.1, 0.15) is 16.1 Å². The molecule has 0 aliphatic rings.